The van der Waals surface area contributed by atoms with Crippen LogP contribution in [0, 0.1) is 6.92 Å². The molecular formula is C24H31N5O3. The van der Waals surface area contributed by atoms with Gasteiger partial charge in [-0.2, -0.15) is 0 Å². The van der Waals surface area contributed by atoms with Crippen LogP contribution < -0.4 is 5.32 Å². The highest BCUT2D eigenvalue weighted by Crippen LogP contribution is 2.26. The molecule has 3 aromatic rings. The summed E-state index contributed by atoms with van der Waals surface area (Å²) < 4.78 is 6.66. The highest BCUT2D eigenvalue weighted by Gasteiger charge is 2.32. The van der Waals surface area contributed by atoms with Crippen LogP contribution in [0.25, 0.3) is 11.0 Å². The van der Waals surface area contributed by atoms with Crippen molar-refractivity contribution in [1.82, 2.24) is 25.2 Å². The number of methoxy groups -OCH3 is 1. The van der Waals surface area contributed by atoms with E-state index in [2.05, 4.69) is 22.6 Å². The number of nitrogens with zero attached hydrogens (tertiary/aromatic N) is 4. The maximum absolute atomic E-state index is 13.6. The summed E-state index contributed by atoms with van der Waals surface area (Å²) in [6.07, 6.45) is 1.69. The van der Waals surface area contributed by atoms with Crippen LogP contribution in [-0.4, -0.2) is 58.5 Å². The Morgan fingerprint density at radius 3 is 2.66 bits per heavy atom. The van der Waals surface area contributed by atoms with Gasteiger partial charge in [-0.05, 0) is 36.6 Å². The van der Waals surface area contributed by atoms with Gasteiger partial charge < -0.3 is 15.0 Å². The monoisotopic (exact) mass is 437 g/mol. The molecule has 170 valence electrons. The van der Waals surface area contributed by atoms with Gasteiger partial charge in [0.15, 0.2) is 0 Å². The van der Waals surface area contributed by atoms with Gasteiger partial charge in [-0.1, -0.05) is 55.0 Å². The average molecular weight is 438 g/mol. The Morgan fingerprint density at radius 1 is 1.16 bits per heavy atom. The summed E-state index contributed by atoms with van der Waals surface area (Å²) in [5, 5.41) is 11.2. The van der Waals surface area contributed by atoms with E-state index in [1.54, 1.807) is 16.7 Å². The number of aryl methyl sites for hydroxylation is 1. The Kier molecular flexibility index (Phi) is 8.33. The second-order valence-corrected chi connectivity index (χ2v) is 7.72. The molecule has 1 heterocycles. The third-order valence-electron chi connectivity index (χ3n) is 5.43. The molecule has 0 unspecified atom stereocenters. The van der Waals surface area contributed by atoms with Gasteiger partial charge in [0, 0.05) is 20.2 Å². The predicted molar refractivity (Wildman–Crippen MR) is 123 cm³/mol. The van der Waals surface area contributed by atoms with Crippen molar-refractivity contribution in [3.05, 3.63) is 59.7 Å². The highest BCUT2D eigenvalue weighted by atomic mass is 16.5. The zero-order valence-corrected chi connectivity index (χ0v) is 19.0. The van der Waals surface area contributed by atoms with E-state index in [0.29, 0.717) is 19.7 Å². The number of fused-ring (bicyclic) bond motifs is 1. The quantitative estimate of drug-likeness (QED) is 0.466. The first-order valence-corrected chi connectivity index (χ1v) is 11.0. The summed E-state index contributed by atoms with van der Waals surface area (Å²) in [5.74, 6) is -0.395. The van der Waals surface area contributed by atoms with Crippen LogP contribution in [-0.2, 0) is 20.9 Å². The van der Waals surface area contributed by atoms with E-state index in [1.165, 1.54) is 0 Å². The lowest BCUT2D eigenvalue weighted by Crippen LogP contribution is -2.46. The molecule has 0 radical (unpaired) electrons. The van der Waals surface area contributed by atoms with Gasteiger partial charge in [0.1, 0.15) is 18.1 Å². The molecule has 0 saturated heterocycles. The van der Waals surface area contributed by atoms with Crippen LogP contribution in [0.3, 0.4) is 0 Å². The largest absolute Gasteiger partial charge is 0.383 e. The predicted octanol–water partition coefficient (Wildman–Crippen LogP) is 2.87. The van der Waals surface area contributed by atoms with Gasteiger partial charge in [-0.3, -0.25) is 9.59 Å². The van der Waals surface area contributed by atoms with E-state index in [4.69, 9.17) is 4.74 Å². The number of carbonyl (C=O) groups is 2. The fourth-order valence-corrected chi connectivity index (χ4v) is 3.70. The molecule has 0 spiro atoms. The van der Waals surface area contributed by atoms with Crippen molar-refractivity contribution < 1.29 is 14.3 Å². The van der Waals surface area contributed by atoms with Crippen molar-refractivity contribution in [3.8, 4) is 0 Å². The van der Waals surface area contributed by atoms with Gasteiger partial charge in [0.05, 0.1) is 12.1 Å². The lowest BCUT2D eigenvalue weighted by Gasteiger charge is -2.32. The van der Waals surface area contributed by atoms with Crippen LogP contribution in [0.1, 0.15) is 36.9 Å². The fourth-order valence-electron chi connectivity index (χ4n) is 3.70. The number of ether oxygens (including phenoxy) is 1. The average Bonchev–Trinajstić information content (AvgIpc) is 3.20. The Balaban J connectivity index is 1.94. The Labute approximate surface area is 188 Å². The van der Waals surface area contributed by atoms with Gasteiger partial charge >= 0.3 is 0 Å². The number of hydrogen-bond acceptors (Lipinski definition) is 5. The molecule has 0 aliphatic carbocycles. The zero-order valence-electron chi connectivity index (χ0n) is 19.0. The van der Waals surface area contributed by atoms with E-state index in [0.717, 1.165) is 35.0 Å². The fraction of sp³-hybridized carbons (Fsp3) is 0.417. The van der Waals surface area contributed by atoms with E-state index in [9.17, 15) is 9.59 Å². The number of aromatic nitrogens is 3. The SMILES string of the molecule is CCCCN(C(=O)Cn1nnc2ccccc21)[C@@H](C(=O)NCCOC)c1ccccc1C. The maximum Gasteiger partial charge on any atom is 0.247 e. The van der Waals surface area contributed by atoms with E-state index < -0.39 is 6.04 Å². The molecule has 32 heavy (non-hydrogen) atoms. The highest BCUT2D eigenvalue weighted by molar-refractivity contribution is 5.89. The van der Waals surface area contributed by atoms with Crippen molar-refractivity contribution in [3.63, 3.8) is 0 Å². The number of rotatable bonds is 11. The third kappa shape index (κ3) is 5.50. The van der Waals surface area contributed by atoms with Crippen LogP contribution in [0.4, 0.5) is 0 Å². The molecule has 8 nitrogen and oxygen atoms in total. The van der Waals surface area contributed by atoms with E-state index in [1.807, 2.05) is 55.5 Å². The first-order chi connectivity index (χ1) is 15.6. The smallest absolute Gasteiger partial charge is 0.247 e. The molecule has 1 atom stereocenters. The third-order valence-corrected chi connectivity index (χ3v) is 5.43. The van der Waals surface area contributed by atoms with Gasteiger partial charge in [-0.25, -0.2) is 4.68 Å². The molecule has 0 aliphatic heterocycles. The summed E-state index contributed by atoms with van der Waals surface area (Å²) in [4.78, 5) is 28.5. The normalized spacial score (nSPS) is 12.0. The maximum atomic E-state index is 13.6. The molecule has 2 aromatic carbocycles. The van der Waals surface area contributed by atoms with E-state index in [-0.39, 0.29) is 18.4 Å². The number of nitrogens with one attached hydrogen (secondary N) is 1. The molecular weight excluding hydrogens is 406 g/mol. The number of amides is 2. The second kappa shape index (κ2) is 11.4. The minimum atomic E-state index is -0.734. The van der Waals surface area contributed by atoms with E-state index >= 15 is 0 Å². The van der Waals surface area contributed by atoms with Crippen LogP contribution in [0.15, 0.2) is 48.5 Å². The van der Waals surface area contributed by atoms with Crippen molar-refractivity contribution in [2.45, 2.75) is 39.3 Å². The summed E-state index contributed by atoms with van der Waals surface area (Å²) in [5.41, 5.74) is 3.29. The number of unbranched alkanes of at least 4 members (excludes halogenated alkanes) is 1. The van der Waals surface area contributed by atoms with Crippen LogP contribution >= 0.6 is 0 Å². The van der Waals surface area contributed by atoms with Crippen LogP contribution in [0.2, 0.25) is 0 Å². The molecule has 3 rings (SSSR count). The number of benzene rings is 2. The topological polar surface area (TPSA) is 89.4 Å². The first kappa shape index (κ1) is 23.4. The molecule has 0 aliphatic rings. The Bertz CT molecular complexity index is 1050. The lowest BCUT2D eigenvalue weighted by atomic mass is 9.98. The molecule has 0 saturated carbocycles. The van der Waals surface area contributed by atoms with Gasteiger partial charge in [0.25, 0.3) is 0 Å². The molecule has 1 aromatic heterocycles. The van der Waals surface area contributed by atoms with Crippen molar-refractivity contribution in [1.29, 1.82) is 0 Å². The van der Waals surface area contributed by atoms with Crippen molar-refractivity contribution in [2.24, 2.45) is 0 Å². The van der Waals surface area contributed by atoms with Crippen molar-refractivity contribution >= 4 is 22.8 Å². The number of para-hydroxylation sites is 1. The lowest BCUT2D eigenvalue weighted by molar-refractivity contribution is -0.141. The number of carbonyl (C=O) groups excluding carboxylic acids is 2. The number of hydrogen-bond donors (Lipinski definition) is 1. The molecule has 0 bridgehead atoms. The Morgan fingerprint density at radius 2 is 1.91 bits per heavy atom. The molecule has 1 N–H and O–H groups in total. The van der Waals surface area contributed by atoms with Crippen LogP contribution in [0.5, 0.6) is 0 Å². The Hall–Kier alpha value is -3.26. The summed E-state index contributed by atoms with van der Waals surface area (Å²) >= 11 is 0. The minimum absolute atomic E-state index is 0.0119. The van der Waals surface area contributed by atoms with Crippen molar-refractivity contribution in [2.75, 3.05) is 26.8 Å². The minimum Gasteiger partial charge on any atom is -0.383 e. The van der Waals surface area contributed by atoms with Gasteiger partial charge in [0.2, 0.25) is 11.8 Å². The molecule has 8 heteroatoms. The molecule has 0 fully saturated rings. The summed E-state index contributed by atoms with van der Waals surface area (Å²) in [6.45, 7) is 5.28. The summed E-state index contributed by atoms with van der Waals surface area (Å²) in [6, 6.07) is 14.5. The summed E-state index contributed by atoms with van der Waals surface area (Å²) in [7, 11) is 1.59. The first-order valence-electron chi connectivity index (χ1n) is 11.0. The molecule has 2 amide bonds. The standard InChI is InChI=1S/C24H31N5O3/c1-4-5-15-28(22(30)17-29-21-13-9-8-12-20(21)26-27-29)23(24(31)25-14-16-32-3)19-11-7-6-10-18(19)2/h6-13,23H,4-5,14-17H2,1-3H3,(H,25,31)/t23-/m1/s1. The van der Waals surface area contributed by atoms with Gasteiger partial charge in [-0.15, -0.1) is 5.10 Å². The zero-order chi connectivity index (χ0) is 22.9. The second-order valence-electron chi connectivity index (χ2n) is 7.72.